The lowest BCUT2D eigenvalue weighted by molar-refractivity contribution is 0.0526. The number of fused-ring (bicyclic) bond motifs is 1. The van der Waals surface area contributed by atoms with E-state index in [1.165, 1.54) is 28.0 Å². The van der Waals surface area contributed by atoms with Crippen molar-refractivity contribution in [1.29, 1.82) is 0 Å². The number of hydrogen-bond donors (Lipinski definition) is 1. The molecular weight excluding hydrogens is 414 g/mol. The third-order valence-corrected chi connectivity index (χ3v) is 5.55. The Balaban J connectivity index is 1.57. The number of amides is 1. The summed E-state index contributed by atoms with van der Waals surface area (Å²) < 4.78 is 6.37. The number of benzene rings is 2. The van der Waals surface area contributed by atoms with E-state index < -0.39 is 17.4 Å². The predicted molar refractivity (Wildman–Crippen MR) is 119 cm³/mol. The topological polar surface area (TPSA) is 89.8 Å². The molecule has 0 bridgehead atoms. The largest absolute Gasteiger partial charge is 0.462 e. The Bertz CT molecular complexity index is 1310. The van der Waals surface area contributed by atoms with Crippen molar-refractivity contribution in [3.8, 4) is 0 Å². The number of carbonyl (C=O) groups is 2. The standard InChI is InChI=1S/C23H19N3O4S/c1-2-30-22(29)16-9-6-10-17(12-16)25-20(27)19-13-24-23-26(21(19)28)14-18(31-23)11-15-7-4-3-5-8-15/h3-10,12-14H,2,11H2,1H3,(H,25,27). The van der Waals surface area contributed by atoms with Crippen molar-refractivity contribution in [3.05, 3.63) is 98.9 Å². The molecule has 0 aliphatic heterocycles. The maximum Gasteiger partial charge on any atom is 0.338 e. The van der Waals surface area contributed by atoms with Crippen LogP contribution in [0.3, 0.4) is 0 Å². The minimum atomic E-state index is -0.594. The number of anilines is 1. The lowest BCUT2D eigenvalue weighted by Gasteiger charge is -2.07. The molecule has 31 heavy (non-hydrogen) atoms. The van der Waals surface area contributed by atoms with E-state index in [2.05, 4.69) is 10.3 Å². The Kier molecular flexibility index (Phi) is 5.90. The number of nitrogens with zero attached hydrogens (tertiary/aromatic N) is 2. The van der Waals surface area contributed by atoms with Gasteiger partial charge in [-0.2, -0.15) is 0 Å². The van der Waals surface area contributed by atoms with Crippen LogP contribution >= 0.6 is 11.3 Å². The second-order valence-electron chi connectivity index (χ2n) is 6.74. The lowest BCUT2D eigenvalue weighted by atomic mass is 10.1. The van der Waals surface area contributed by atoms with Gasteiger partial charge in [0, 0.05) is 29.4 Å². The van der Waals surface area contributed by atoms with Crippen molar-refractivity contribution in [2.75, 3.05) is 11.9 Å². The average molecular weight is 433 g/mol. The highest BCUT2D eigenvalue weighted by atomic mass is 32.1. The number of hydrogen-bond acceptors (Lipinski definition) is 6. The molecule has 2 heterocycles. The van der Waals surface area contributed by atoms with E-state index >= 15 is 0 Å². The molecule has 0 aliphatic rings. The molecule has 4 aromatic rings. The molecule has 0 radical (unpaired) electrons. The number of esters is 1. The van der Waals surface area contributed by atoms with E-state index in [9.17, 15) is 14.4 Å². The van der Waals surface area contributed by atoms with Crippen LogP contribution in [0.15, 0.2) is 71.8 Å². The normalized spacial score (nSPS) is 10.7. The number of rotatable bonds is 6. The van der Waals surface area contributed by atoms with E-state index in [1.54, 1.807) is 31.3 Å². The maximum absolute atomic E-state index is 12.9. The molecule has 0 atom stereocenters. The molecule has 2 aromatic carbocycles. The first-order valence-corrected chi connectivity index (χ1v) is 10.5. The van der Waals surface area contributed by atoms with Crippen LogP contribution in [0.2, 0.25) is 0 Å². The number of thiazole rings is 1. The second-order valence-corrected chi connectivity index (χ2v) is 7.84. The Labute approximate surface area is 182 Å². The van der Waals surface area contributed by atoms with Crippen molar-refractivity contribution in [2.45, 2.75) is 13.3 Å². The first-order chi connectivity index (χ1) is 15.0. The third kappa shape index (κ3) is 4.54. The van der Waals surface area contributed by atoms with Gasteiger partial charge < -0.3 is 10.1 Å². The first-order valence-electron chi connectivity index (χ1n) is 9.67. The van der Waals surface area contributed by atoms with Gasteiger partial charge in [0.05, 0.1) is 12.2 Å². The van der Waals surface area contributed by atoms with Crippen molar-refractivity contribution in [3.63, 3.8) is 0 Å². The van der Waals surface area contributed by atoms with Gasteiger partial charge in [-0.05, 0) is 30.7 Å². The number of nitrogens with one attached hydrogen (secondary N) is 1. The van der Waals surface area contributed by atoms with E-state index in [4.69, 9.17) is 4.74 Å². The summed E-state index contributed by atoms with van der Waals surface area (Å²) in [5, 5.41) is 2.65. The highest BCUT2D eigenvalue weighted by molar-refractivity contribution is 7.17. The summed E-state index contributed by atoms with van der Waals surface area (Å²) in [5.74, 6) is -1.07. The number of ether oxygens (including phenoxy) is 1. The maximum atomic E-state index is 12.9. The van der Waals surface area contributed by atoms with Gasteiger partial charge in [0.25, 0.3) is 11.5 Å². The summed E-state index contributed by atoms with van der Waals surface area (Å²) in [6, 6.07) is 16.3. The van der Waals surface area contributed by atoms with Gasteiger partial charge in [-0.3, -0.25) is 14.0 Å². The molecular formula is C23H19N3O4S. The molecule has 0 aliphatic carbocycles. The predicted octanol–water partition coefficient (Wildman–Crippen LogP) is 3.78. The van der Waals surface area contributed by atoms with Gasteiger partial charge in [-0.1, -0.05) is 36.4 Å². The van der Waals surface area contributed by atoms with Crippen LogP contribution < -0.4 is 10.9 Å². The summed E-state index contributed by atoms with van der Waals surface area (Å²) >= 11 is 1.41. The molecule has 0 saturated heterocycles. The zero-order valence-electron chi connectivity index (χ0n) is 16.7. The van der Waals surface area contributed by atoms with Crippen molar-refractivity contribution in [1.82, 2.24) is 9.38 Å². The monoisotopic (exact) mass is 433 g/mol. The van der Waals surface area contributed by atoms with Gasteiger partial charge in [0.15, 0.2) is 4.96 Å². The van der Waals surface area contributed by atoms with Gasteiger partial charge in [-0.25, -0.2) is 9.78 Å². The SMILES string of the molecule is CCOC(=O)c1cccc(NC(=O)c2cnc3sc(Cc4ccccc4)cn3c2=O)c1. The Morgan fingerprint density at radius 1 is 1.13 bits per heavy atom. The molecule has 2 aromatic heterocycles. The van der Waals surface area contributed by atoms with E-state index in [0.717, 1.165) is 10.4 Å². The van der Waals surface area contributed by atoms with Crippen LogP contribution in [0.5, 0.6) is 0 Å². The summed E-state index contributed by atoms with van der Waals surface area (Å²) in [6.45, 7) is 1.97. The molecule has 0 fully saturated rings. The van der Waals surface area contributed by atoms with Crippen LogP contribution in [0.1, 0.15) is 38.1 Å². The van der Waals surface area contributed by atoms with Gasteiger partial charge >= 0.3 is 5.97 Å². The zero-order valence-corrected chi connectivity index (χ0v) is 17.5. The summed E-state index contributed by atoms with van der Waals surface area (Å²) in [4.78, 5) is 43.3. The number of aromatic nitrogens is 2. The van der Waals surface area contributed by atoms with Gasteiger partial charge in [0.1, 0.15) is 5.56 Å². The second kappa shape index (κ2) is 8.93. The molecule has 0 unspecified atom stereocenters. The van der Waals surface area contributed by atoms with E-state index in [1.807, 2.05) is 30.3 Å². The third-order valence-electron chi connectivity index (χ3n) is 4.55. The van der Waals surface area contributed by atoms with Gasteiger partial charge in [0.2, 0.25) is 0 Å². The smallest absolute Gasteiger partial charge is 0.338 e. The molecule has 4 rings (SSSR count). The Morgan fingerprint density at radius 2 is 1.94 bits per heavy atom. The van der Waals surface area contributed by atoms with E-state index in [-0.39, 0.29) is 12.2 Å². The van der Waals surface area contributed by atoms with Crippen LogP contribution in [-0.2, 0) is 11.2 Å². The molecule has 0 spiro atoms. The molecule has 0 saturated carbocycles. The van der Waals surface area contributed by atoms with Crippen molar-refractivity contribution in [2.24, 2.45) is 0 Å². The highest BCUT2D eigenvalue weighted by Crippen LogP contribution is 2.19. The molecule has 8 heteroatoms. The summed E-state index contributed by atoms with van der Waals surface area (Å²) in [5.41, 5.74) is 1.30. The first kappa shape index (κ1) is 20.5. The zero-order chi connectivity index (χ0) is 21.8. The fourth-order valence-corrected chi connectivity index (χ4v) is 4.07. The summed E-state index contributed by atoms with van der Waals surface area (Å²) in [7, 11) is 0. The summed E-state index contributed by atoms with van der Waals surface area (Å²) in [6.07, 6.45) is 3.68. The number of carbonyl (C=O) groups excluding carboxylic acids is 2. The Morgan fingerprint density at radius 3 is 2.71 bits per heavy atom. The Hall–Kier alpha value is -3.78. The van der Waals surface area contributed by atoms with Crippen molar-refractivity contribution >= 4 is 33.9 Å². The molecule has 156 valence electrons. The molecule has 1 amide bonds. The van der Waals surface area contributed by atoms with Crippen LogP contribution in [-0.4, -0.2) is 27.9 Å². The highest BCUT2D eigenvalue weighted by Gasteiger charge is 2.16. The van der Waals surface area contributed by atoms with Crippen LogP contribution in [0.4, 0.5) is 5.69 Å². The molecule has 1 N–H and O–H groups in total. The lowest BCUT2D eigenvalue weighted by Crippen LogP contribution is -2.26. The average Bonchev–Trinajstić information content (AvgIpc) is 3.18. The van der Waals surface area contributed by atoms with Crippen LogP contribution in [0, 0.1) is 0 Å². The van der Waals surface area contributed by atoms with Gasteiger partial charge in [-0.15, -0.1) is 11.3 Å². The van der Waals surface area contributed by atoms with E-state index in [0.29, 0.717) is 22.6 Å². The van der Waals surface area contributed by atoms with Crippen molar-refractivity contribution < 1.29 is 14.3 Å². The quantitative estimate of drug-likeness (QED) is 0.468. The minimum absolute atomic E-state index is 0.0805. The fraction of sp³-hybridized carbons (Fsp3) is 0.130. The van der Waals surface area contributed by atoms with Crippen LogP contribution in [0.25, 0.3) is 4.96 Å². The fourth-order valence-electron chi connectivity index (χ4n) is 3.10. The minimum Gasteiger partial charge on any atom is -0.462 e. The molecule has 7 nitrogen and oxygen atoms in total.